The Morgan fingerprint density at radius 3 is 2.57 bits per heavy atom. The summed E-state index contributed by atoms with van der Waals surface area (Å²) in [6, 6.07) is 0.410. The topological polar surface area (TPSA) is 43.8 Å². The van der Waals surface area contributed by atoms with Crippen molar-refractivity contribution in [2.24, 2.45) is 0 Å². The third-order valence-electron chi connectivity index (χ3n) is 3.06. The van der Waals surface area contributed by atoms with Gasteiger partial charge >= 0.3 is 0 Å². The molecule has 1 aliphatic rings. The fourth-order valence-corrected chi connectivity index (χ4v) is 2.20. The minimum Gasteiger partial charge on any atom is -0.396 e. The van der Waals surface area contributed by atoms with Gasteiger partial charge in [-0.15, -0.1) is 0 Å². The van der Waals surface area contributed by atoms with E-state index in [0.717, 1.165) is 11.4 Å². The van der Waals surface area contributed by atoms with Crippen LogP contribution in [0.25, 0.3) is 0 Å². The predicted octanol–water partition coefficient (Wildman–Crippen LogP) is 2.70. The highest BCUT2D eigenvalue weighted by molar-refractivity contribution is 5.43. The third-order valence-corrected chi connectivity index (χ3v) is 3.06. The summed E-state index contributed by atoms with van der Waals surface area (Å²) in [5, 5.41) is 4.58. The number of nitrogen functional groups attached to an aromatic ring is 1. The molecule has 0 unspecified atom stereocenters. The quantitative estimate of drug-likeness (QED) is 0.784. The average Bonchev–Trinajstić information content (AvgIpc) is 2.71. The summed E-state index contributed by atoms with van der Waals surface area (Å²) >= 11 is 0. The third kappa shape index (κ3) is 1.63. The second kappa shape index (κ2) is 3.64. The van der Waals surface area contributed by atoms with Gasteiger partial charge in [-0.25, -0.2) is 0 Å². The van der Waals surface area contributed by atoms with Crippen molar-refractivity contribution in [3.8, 4) is 0 Å². The van der Waals surface area contributed by atoms with Crippen molar-refractivity contribution >= 4 is 5.69 Å². The van der Waals surface area contributed by atoms with Crippen LogP contribution >= 0.6 is 0 Å². The van der Waals surface area contributed by atoms with E-state index in [-0.39, 0.29) is 0 Å². The van der Waals surface area contributed by atoms with Crippen LogP contribution in [0.4, 0.5) is 5.69 Å². The normalized spacial score (nSPS) is 18.2. The maximum Gasteiger partial charge on any atom is 0.0884 e. The highest BCUT2D eigenvalue weighted by Gasteiger charge is 2.22. The van der Waals surface area contributed by atoms with Gasteiger partial charge in [0.15, 0.2) is 0 Å². The van der Waals surface area contributed by atoms with Crippen LogP contribution in [0, 0.1) is 0 Å². The number of nitrogens with two attached hydrogens (primary N) is 1. The Bertz CT molecular complexity index is 308. The molecule has 1 aromatic heterocycles. The molecule has 0 atom stereocenters. The number of nitrogens with zero attached hydrogens (tertiary/aromatic N) is 2. The molecule has 1 fully saturated rings. The number of aromatic nitrogens is 2. The summed E-state index contributed by atoms with van der Waals surface area (Å²) in [6.45, 7) is 4.26. The number of hydrogen-bond acceptors (Lipinski definition) is 2. The second-order valence-corrected chi connectivity index (χ2v) is 4.52. The van der Waals surface area contributed by atoms with Crippen LogP contribution in [0.1, 0.15) is 57.2 Å². The lowest BCUT2D eigenvalue weighted by molar-refractivity contribution is 0.518. The van der Waals surface area contributed by atoms with Gasteiger partial charge in [0.2, 0.25) is 0 Å². The zero-order valence-corrected chi connectivity index (χ0v) is 9.03. The molecule has 14 heavy (non-hydrogen) atoms. The maximum atomic E-state index is 5.98. The summed E-state index contributed by atoms with van der Waals surface area (Å²) in [6.07, 6.45) is 7.16. The van der Waals surface area contributed by atoms with Gasteiger partial charge in [0.1, 0.15) is 0 Å². The summed E-state index contributed by atoms with van der Waals surface area (Å²) in [7, 11) is 0. The van der Waals surface area contributed by atoms with Crippen LogP contribution < -0.4 is 5.73 Å². The van der Waals surface area contributed by atoms with E-state index in [0.29, 0.717) is 12.0 Å². The standard InChI is InChI=1S/C11H19N3/c1-8(2)14-7-10(12)11(13-14)9-5-3-4-6-9/h7-9H,3-6,12H2,1-2H3. The lowest BCUT2D eigenvalue weighted by Crippen LogP contribution is -2.03. The van der Waals surface area contributed by atoms with E-state index in [4.69, 9.17) is 5.73 Å². The first-order chi connectivity index (χ1) is 6.68. The van der Waals surface area contributed by atoms with Crippen molar-refractivity contribution in [3.05, 3.63) is 11.9 Å². The molecule has 0 aliphatic heterocycles. The molecule has 3 heteroatoms. The smallest absolute Gasteiger partial charge is 0.0884 e. The molecule has 1 saturated carbocycles. The van der Waals surface area contributed by atoms with Gasteiger partial charge in [0.05, 0.1) is 11.4 Å². The average molecular weight is 193 g/mol. The molecule has 78 valence electrons. The van der Waals surface area contributed by atoms with Crippen molar-refractivity contribution in [1.29, 1.82) is 0 Å². The van der Waals surface area contributed by atoms with Gasteiger partial charge in [-0.1, -0.05) is 12.8 Å². The minimum atomic E-state index is 0.410. The first-order valence-electron chi connectivity index (χ1n) is 5.53. The molecule has 2 rings (SSSR count). The van der Waals surface area contributed by atoms with Crippen molar-refractivity contribution in [1.82, 2.24) is 9.78 Å². The number of anilines is 1. The van der Waals surface area contributed by atoms with Crippen molar-refractivity contribution < 1.29 is 0 Å². The van der Waals surface area contributed by atoms with Crippen LogP contribution in [0.3, 0.4) is 0 Å². The molecule has 0 saturated heterocycles. The largest absolute Gasteiger partial charge is 0.396 e. The SMILES string of the molecule is CC(C)n1cc(N)c(C2CCCC2)n1. The Labute approximate surface area is 85.3 Å². The zero-order valence-electron chi connectivity index (χ0n) is 9.03. The van der Waals surface area contributed by atoms with E-state index in [9.17, 15) is 0 Å². The van der Waals surface area contributed by atoms with E-state index >= 15 is 0 Å². The number of hydrogen-bond donors (Lipinski definition) is 1. The molecular weight excluding hydrogens is 174 g/mol. The molecule has 0 radical (unpaired) electrons. The molecule has 3 nitrogen and oxygen atoms in total. The molecule has 0 aromatic carbocycles. The molecule has 2 N–H and O–H groups in total. The summed E-state index contributed by atoms with van der Waals surface area (Å²) in [4.78, 5) is 0. The van der Waals surface area contributed by atoms with Crippen LogP contribution in [-0.2, 0) is 0 Å². The maximum absolute atomic E-state index is 5.98. The zero-order chi connectivity index (χ0) is 10.1. The van der Waals surface area contributed by atoms with E-state index < -0.39 is 0 Å². The van der Waals surface area contributed by atoms with Crippen molar-refractivity contribution in [2.75, 3.05) is 5.73 Å². The summed E-state index contributed by atoms with van der Waals surface area (Å²) in [5.41, 5.74) is 7.99. The Balaban J connectivity index is 2.24. The van der Waals surface area contributed by atoms with Gasteiger partial charge in [-0.2, -0.15) is 5.10 Å². The van der Waals surface area contributed by atoms with Gasteiger partial charge < -0.3 is 5.73 Å². The fourth-order valence-electron chi connectivity index (χ4n) is 2.20. The highest BCUT2D eigenvalue weighted by Crippen LogP contribution is 2.36. The van der Waals surface area contributed by atoms with Crippen molar-refractivity contribution in [2.45, 2.75) is 51.5 Å². The van der Waals surface area contributed by atoms with Gasteiger partial charge in [-0.05, 0) is 26.7 Å². The molecule has 0 spiro atoms. The first kappa shape index (κ1) is 9.56. The second-order valence-electron chi connectivity index (χ2n) is 4.52. The summed E-state index contributed by atoms with van der Waals surface area (Å²) < 4.78 is 1.98. The lowest BCUT2D eigenvalue weighted by atomic mass is 10.0. The van der Waals surface area contributed by atoms with Gasteiger partial charge in [-0.3, -0.25) is 4.68 Å². The Morgan fingerprint density at radius 1 is 1.43 bits per heavy atom. The van der Waals surface area contributed by atoms with Crippen LogP contribution in [-0.4, -0.2) is 9.78 Å². The summed E-state index contributed by atoms with van der Waals surface area (Å²) in [5.74, 6) is 0.620. The molecule has 1 aliphatic carbocycles. The van der Waals surface area contributed by atoms with Crippen LogP contribution in [0.5, 0.6) is 0 Å². The molecular formula is C11H19N3. The minimum absolute atomic E-state index is 0.410. The van der Waals surface area contributed by atoms with Crippen molar-refractivity contribution in [3.63, 3.8) is 0 Å². The monoisotopic (exact) mass is 193 g/mol. The highest BCUT2D eigenvalue weighted by atomic mass is 15.3. The lowest BCUT2D eigenvalue weighted by Gasteiger charge is -2.06. The first-order valence-corrected chi connectivity index (χ1v) is 5.53. The predicted molar refractivity (Wildman–Crippen MR) is 58.2 cm³/mol. The molecule has 1 heterocycles. The van der Waals surface area contributed by atoms with E-state index in [2.05, 4.69) is 18.9 Å². The van der Waals surface area contributed by atoms with E-state index in [1.54, 1.807) is 0 Å². The van der Waals surface area contributed by atoms with Crippen LogP contribution in [0.2, 0.25) is 0 Å². The van der Waals surface area contributed by atoms with E-state index in [1.165, 1.54) is 25.7 Å². The molecule has 1 aromatic rings. The number of rotatable bonds is 2. The Hall–Kier alpha value is -0.990. The fraction of sp³-hybridized carbons (Fsp3) is 0.727. The van der Waals surface area contributed by atoms with Gasteiger partial charge in [0, 0.05) is 18.2 Å². The molecule has 0 bridgehead atoms. The van der Waals surface area contributed by atoms with Crippen LogP contribution in [0.15, 0.2) is 6.20 Å². The molecule has 0 amide bonds. The Morgan fingerprint density at radius 2 is 2.07 bits per heavy atom. The van der Waals surface area contributed by atoms with Gasteiger partial charge in [0.25, 0.3) is 0 Å². The Kier molecular flexibility index (Phi) is 2.48. The van der Waals surface area contributed by atoms with E-state index in [1.807, 2.05) is 10.9 Å².